The molecule has 2 aromatic heterocycles. The van der Waals surface area contributed by atoms with Gasteiger partial charge in [0.25, 0.3) is 0 Å². The van der Waals surface area contributed by atoms with Crippen LogP contribution in [0.25, 0.3) is 11.4 Å². The molecule has 0 radical (unpaired) electrons. The lowest BCUT2D eigenvalue weighted by molar-refractivity contribution is -0.113. The summed E-state index contributed by atoms with van der Waals surface area (Å²) in [6.07, 6.45) is 0. The molecule has 1 N–H and O–H groups in total. The van der Waals surface area contributed by atoms with E-state index in [0.717, 1.165) is 22.6 Å². The number of rotatable bonds is 6. The van der Waals surface area contributed by atoms with Gasteiger partial charge in [0.05, 0.1) is 22.8 Å². The number of amides is 1. The van der Waals surface area contributed by atoms with Gasteiger partial charge >= 0.3 is 0 Å². The van der Waals surface area contributed by atoms with Crippen LogP contribution < -0.4 is 5.32 Å². The number of aryl methyl sites for hydroxylation is 2. The molecule has 8 nitrogen and oxygen atoms in total. The van der Waals surface area contributed by atoms with Crippen molar-refractivity contribution >= 4 is 23.5 Å². The second-order valence-electron chi connectivity index (χ2n) is 8.91. The van der Waals surface area contributed by atoms with Gasteiger partial charge in [-0.2, -0.15) is 9.78 Å². The fraction of sp³-hybridized carbons (Fsp3) is 0.292. The fourth-order valence-electron chi connectivity index (χ4n) is 3.37. The third kappa shape index (κ3) is 5.14. The molecule has 0 aliphatic heterocycles. The number of benzene rings is 2. The quantitative estimate of drug-likeness (QED) is 0.426. The molecule has 0 unspecified atom stereocenters. The summed E-state index contributed by atoms with van der Waals surface area (Å²) >= 11 is 1.29. The Morgan fingerprint density at radius 3 is 2.48 bits per heavy atom. The average Bonchev–Trinajstić information content (AvgIpc) is 3.40. The normalized spacial score (nSPS) is 11.5. The van der Waals surface area contributed by atoms with E-state index in [2.05, 4.69) is 47.7 Å². The van der Waals surface area contributed by atoms with Gasteiger partial charge in [0.15, 0.2) is 0 Å². The summed E-state index contributed by atoms with van der Waals surface area (Å²) in [7, 11) is 0. The SMILES string of the molecule is Cc1ccc(-n2nnnc2SCC(=O)Nc2cc(C(C)(C)C)nn2-c2ccccc2)c(C)c1. The van der Waals surface area contributed by atoms with Crippen LogP contribution in [0.15, 0.2) is 59.8 Å². The average molecular weight is 462 g/mol. The van der Waals surface area contributed by atoms with Crippen molar-refractivity contribution in [2.75, 3.05) is 11.1 Å². The number of hydrogen-bond acceptors (Lipinski definition) is 6. The molecule has 0 saturated carbocycles. The number of carbonyl (C=O) groups is 1. The molecular weight excluding hydrogens is 434 g/mol. The molecule has 9 heteroatoms. The monoisotopic (exact) mass is 461 g/mol. The highest BCUT2D eigenvalue weighted by Crippen LogP contribution is 2.27. The second-order valence-corrected chi connectivity index (χ2v) is 9.85. The zero-order valence-corrected chi connectivity index (χ0v) is 20.2. The highest BCUT2D eigenvalue weighted by atomic mass is 32.2. The molecule has 2 heterocycles. The number of nitrogens with one attached hydrogen (secondary N) is 1. The van der Waals surface area contributed by atoms with Crippen LogP contribution in [0.1, 0.15) is 37.6 Å². The van der Waals surface area contributed by atoms with Crippen LogP contribution in [0.5, 0.6) is 0 Å². The van der Waals surface area contributed by atoms with Crippen molar-refractivity contribution in [3.05, 3.63) is 71.4 Å². The first-order chi connectivity index (χ1) is 15.7. The number of nitrogens with zero attached hydrogens (tertiary/aromatic N) is 6. The molecule has 4 rings (SSSR count). The molecule has 1 amide bonds. The van der Waals surface area contributed by atoms with E-state index < -0.39 is 0 Å². The lowest BCUT2D eigenvalue weighted by atomic mass is 9.92. The Hall–Kier alpha value is -3.46. The molecule has 0 atom stereocenters. The van der Waals surface area contributed by atoms with Crippen molar-refractivity contribution in [1.82, 2.24) is 30.0 Å². The lowest BCUT2D eigenvalue weighted by Crippen LogP contribution is -2.17. The third-order valence-electron chi connectivity index (χ3n) is 5.10. The van der Waals surface area contributed by atoms with Crippen LogP contribution in [-0.4, -0.2) is 41.6 Å². The Morgan fingerprint density at radius 2 is 1.79 bits per heavy atom. The van der Waals surface area contributed by atoms with Crippen LogP contribution in [0.2, 0.25) is 0 Å². The number of hydrogen-bond donors (Lipinski definition) is 1. The van der Waals surface area contributed by atoms with Gasteiger partial charge < -0.3 is 5.32 Å². The highest BCUT2D eigenvalue weighted by Gasteiger charge is 2.22. The van der Waals surface area contributed by atoms with Crippen molar-refractivity contribution in [1.29, 1.82) is 0 Å². The number of tetrazole rings is 1. The molecule has 0 aliphatic carbocycles. The number of aromatic nitrogens is 6. The second kappa shape index (κ2) is 9.19. The van der Waals surface area contributed by atoms with Gasteiger partial charge in [-0.1, -0.05) is 68.4 Å². The predicted molar refractivity (Wildman–Crippen MR) is 130 cm³/mol. The van der Waals surface area contributed by atoms with Gasteiger partial charge in [-0.15, -0.1) is 5.10 Å². The maximum atomic E-state index is 12.9. The Bertz CT molecular complexity index is 1270. The first-order valence-electron chi connectivity index (χ1n) is 10.7. The predicted octanol–water partition coefficient (Wildman–Crippen LogP) is 4.49. The Morgan fingerprint density at radius 1 is 1.03 bits per heavy atom. The van der Waals surface area contributed by atoms with Gasteiger partial charge in [0, 0.05) is 11.5 Å². The lowest BCUT2D eigenvalue weighted by Gasteiger charge is -2.14. The van der Waals surface area contributed by atoms with E-state index in [1.54, 1.807) is 9.36 Å². The van der Waals surface area contributed by atoms with E-state index in [0.29, 0.717) is 11.0 Å². The maximum Gasteiger partial charge on any atom is 0.236 e. The molecule has 2 aromatic carbocycles. The van der Waals surface area contributed by atoms with Gasteiger partial charge in [0.1, 0.15) is 5.82 Å². The van der Waals surface area contributed by atoms with E-state index in [1.165, 1.54) is 17.3 Å². The summed E-state index contributed by atoms with van der Waals surface area (Å²) in [5, 5.41) is 20.3. The fourth-order valence-corrected chi connectivity index (χ4v) is 4.06. The molecule has 0 spiro atoms. The van der Waals surface area contributed by atoms with E-state index in [4.69, 9.17) is 5.10 Å². The summed E-state index contributed by atoms with van der Waals surface area (Å²) in [6.45, 7) is 10.3. The molecule has 0 fully saturated rings. The van der Waals surface area contributed by atoms with Crippen molar-refractivity contribution in [2.45, 2.75) is 45.2 Å². The number of para-hydroxylation sites is 1. The van der Waals surface area contributed by atoms with Crippen molar-refractivity contribution < 1.29 is 4.79 Å². The molecule has 0 bridgehead atoms. The maximum absolute atomic E-state index is 12.9. The summed E-state index contributed by atoms with van der Waals surface area (Å²) in [4.78, 5) is 12.9. The molecule has 0 aliphatic rings. The largest absolute Gasteiger partial charge is 0.310 e. The molecule has 33 heavy (non-hydrogen) atoms. The minimum Gasteiger partial charge on any atom is -0.310 e. The summed E-state index contributed by atoms with van der Waals surface area (Å²) in [5.41, 5.74) is 4.76. The minimum absolute atomic E-state index is 0.151. The molecular formula is C24H27N7OS. The topological polar surface area (TPSA) is 90.5 Å². The van der Waals surface area contributed by atoms with Crippen LogP contribution in [0.3, 0.4) is 0 Å². The van der Waals surface area contributed by atoms with Crippen LogP contribution in [0.4, 0.5) is 5.82 Å². The molecule has 0 saturated heterocycles. The van der Waals surface area contributed by atoms with Crippen LogP contribution in [-0.2, 0) is 10.2 Å². The van der Waals surface area contributed by atoms with Gasteiger partial charge in [-0.3, -0.25) is 4.79 Å². The standard InChI is InChI=1S/C24H27N7OS/c1-16-11-12-19(17(2)13-16)31-23(26-28-29-31)33-15-22(32)25-21-14-20(24(3,4)5)27-30(21)18-9-7-6-8-10-18/h6-14H,15H2,1-5H3,(H,25,32). The Balaban J connectivity index is 1.52. The van der Waals surface area contributed by atoms with Crippen molar-refractivity contribution in [3.8, 4) is 11.4 Å². The van der Waals surface area contributed by atoms with E-state index in [9.17, 15) is 4.79 Å². The first kappa shape index (κ1) is 22.7. The number of thioether (sulfide) groups is 1. The summed E-state index contributed by atoms with van der Waals surface area (Å²) in [5.74, 6) is 0.634. The zero-order valence-electron chi connectivity index (χ0n) is 19.4. The van der Waals surface area contributed by atoms with Crippen LogP contribution in [0, 0.1) is 13.8 Å². The Labute approximate surface area is 197 Å². The summed E-state index contributed by atoms with van der Waals surface area (Å²) in [6, 6.07) is 17.8. The zero-order chi connectivity index (χ0) is 23.6. The van der Waals surface area contributed by atoms with E-state index in [-0.39, 0.29) is 17.1 Å². The Kier molecular flexibility index (Phi) is 6.33. The van der Waals surface area contributed by atoms with E-state index in [1.807, 2.05) is 62.4 Å². The molecule has 4 aromatic rings. The van der Waals surface area contributed by atoms with Gasteiger partial charge in [-0.05, 0) is 48.0 Å². The minimum atomic E-state index is -0.160. The van der Waals surface area contributed by atoms with Gasteiger partial charge in [0.2, 0.25) is 11.1 Å². The highest BCUT2D eigenvalue weighted by molar-refractivity contribution is 7.99. The molecule has 170 valence electrons. The number of anilines is 1. The van der Waals surface area contributed by atoms with Crippen LogP contribution >= 0.6 is 11.8 Å². The smallest absolute Gasteiger partial charge is 0.236 e. The number of carbonyl (C=O) groups excluding carboxylic acids is 1. The van der Waals surface area contributed by atoms with Crippen molar-refractivity contribution in [3.63, 3.8) is 0 Å². The van der Waals surface area contributed by atoms with E-state index >= 15 is 0 Å². The first-order valence-corrected chi connectivity index (χ1v) is 11.7. The third-order valence-corrected chi connectivity index (χ3v) is 6.02. The van der Waals surface area contributed by atoms with Gasteiger partial charge in [-0.25, -0.2) is 4.68 Å². The summed E-state index contributed by atoms with van der Waals surface area (Å²) < 4.78 is 3.43. The van der Waals surface area contributed by atoms with Crippen molar-refractivity contribution in [2.24, 2.45) is 0 Å².